The standard InChI is InChI=1S/C20H17ClN4O2/c21-12-5-7-13(8-6-12)22-18(26)11-17-19(27)24(14-9-10-14)20-23-15-3-1-2-4-16(15)25(17)20/h1-8,14,17H,9-11H2,(H,22,26)/t17-/m0/s1. The van der Waals surface area contributed by atoms with Gasteiger partial charge in [0.05, 0.1) is 17.5 Å². The SMILES string of the molecule is O=C(C[C@H]1C(=O)N(C2CC2)c2nc3ccccc3n21)Nc1ccc(Cl)cc1. The summed E-state index contributed by atoms with van der Waals surface area (Å²) in [5.74, 6) is 0.405. The van der Waals surface area contributed by atoms with Crippen LogP contribution in [0.1, 0.15) is 25.3 Å². The molecule has 1 aromatic heterocycles. The van der Waals surface area contributed by atoms with Crippen LogP contribution in [0.5, 0.6) is 0 Å². The molecule has 2 heterocycles. The number of para-hydroxylation sites is 2. The molecule has 1 fully saturated rings. The lowest BCUT2D eigenvalue weighted by Gasteiger charge is -2.15. The molecule has 0 bridgehead atoms. The van der Waals surface area contributed by atoms with Gasteiger partial charge >= 0.3 is 0 Å². The number of benzene rings is 2. The van der Waals surface area contributed by atoms with Gasteiger partial charge in [0.2, 0.25) is 11.9 Å². The predicted octanol–water partition coefficient (Wildman–Crippen LogP) is 3.77. The molecular formula is C20H17ClN4O2. The number of aromatic nitrogens is 2. The van der Waals surface area contributed by atoms with Crippen LogP contribution in [-0.4, -0.2) is 27.4 Å². The summed E-state index contributed by atoms with van der Waals surface area (Å²) in [5, 5.41) is 3.45. The van der Waals surface area contributed by atoms with Gasteiger partial charge in [-0.05, 0) is 49.2 Å². The molecule has 27 heavy (non-hydrogen) atoms. The van der Waals surface area contributed by atoms with E-state index >= 15 is 0 Å². The Morgan fingerprint density at radius 2 is 1.89 bits per heavy atom. The van der Waals surface area contributed by atoms with E-state index in [2.05, 4.69) is 10.3 Å². The fourth-order valence-corrected chi connectivity index (χ4v) is 3.78. The normalized spacial score (nSPS) is 18.8. The molecule has 0 spiro atoms. The molecule has 1 aliphatic carbocycles. The van der Waals surface area contributed by atoms with Crippen molar-refractivity contribution in [3.8, 4) is 0 Å². The Labute approximate surface area is 160 Å². The lowest BCUT2D eigenvalue weighted by Crippen LogP contribution is -2.33. The zero-order valence-electron chi connectivity index (χ0n) is 14.4. The second kappa shape index (κ2) is 6.09. The number of halogens is 1. The summed E-state index contributed by atoms with van der Waals surface area (Å²) < 4.78 is 1.91. The van der Waals surface area contributed by atoms with Crippen molar-refractivity contribution in [2.24, 2.45) is 0 Å². The third-order valence-corrected chi connectivity index (χ3v) is 5.30. The zero-order valence-corrected chi connectivity index (χ0v) is 15.2. The highest BCUT2D eigenvalue weighted by molar-refractivity contribution is 6.30. The van der Waals surface area contributed by atoms with Gasteiger partial charge in [0.15, 0.2) is 0 Å². The first kappa shape index (κ1) is 16.3. The maximum atomic E-state index is 13.0. The fraction of sp³-hybridized carbons (Fsp3) is 0.250. The van der Waals surface area contributed by atoms with Gasteiger partial charge in [-0.15, -0.1) is 0 Å². The van der Waals surface area contributed by atoms with Gasteiger partial charge in [-0.25, -0.2) is 4.98 Å². The topological polar surface area (TPSA) is 67.2 Å². The number of fused-ring (bicyclic) bond motifs is 3. The van der Waals surface area contributed by atoms with Crippen LogP contribution in [0.3, 0.4) is 0 Å². The smallest absolute Gasteiger partial charge is 0.253 e. The number of hydrogen-bond donors (Lipinski definition) is 1. The van der Waals surface area contributed by atoms with Crippen LogP contribution in [0.4, 0.5) is 11.6 Å². The van der Waals surface area contributed by atoms with E-state index in [0.29, 0.717) is 16.7 Å². The van der Waals surface area contributed by atoms with Gasteiger partial charge in [0, 0.05) is 16.8 Å². The van der Waals surface area contributed by atoms with Gasteiger partial charge in [0.1, 0.15) is 6.04 Å². The quantitative estimate of drug-likeness (QED) is 0.749. The molecule has 1 aliphatic heterocycles. The van der Waals surface area contributed by atoms with Crippen molar-refractivity contribution in [3.05, 3.63) is 53.6 Å². The highest BCUT2D eigenvalue weighted by Crippen LogP contribution is 2.42. The van der Waals surface area contributed by atoms with Gasteiger partial charge in [-0.3, -0.25) is 19.1 Å². The Balaban J connectivity index is 1.46. The number of nitrogens with zero attached hydrogens (tertiary/aromatic N) is 3. The van der Waals surface area contributed by atoms with Crippen LogP contribution in [0.25, 0.3) is 11.0 Å². The summed E-state index contributed by atoms with van der Waals surface area (Å²) in [5.41, 5.74) is 2.38. The largest absolute Gasteiger partial charge is 0.326 e. The molecule has 0 radical (unpaired) electrons. The molecule has 6 nitrogen and oxygen atoms in total. The van der Waals surface area contributed by atoms with Crippen molar-refractivity contribution in [2.45, 2.75) is 31.3 Å². The first-order chi connectivity index (χ1) is 13.1. The molecule has 3 aromatic rings. The molecule has 5 rings (SSSR count). The lowest BCUT2D eigenvalue weighted by molar-refractivity contribution is -0.124. The molecule has 2 aliphatic rings. The molecule has 0 saturated heterocycles. The third-order valence-electron chi connectivity index (χ3n) is 5.05. The average Bonchev–Trinajstić information content (AvgIpc) is 3.36. The lowest BCUT2D eigenvalue weighted by atomic mass is 10.1. The monoisotopic (exact) mass is 380 g/mol. The maximum Gasteiger partial charge on any atom is 0.253 e. The Hall–Kier alpha value is -2.86. The molecule has 2 aromatic carbocycles. The minimum absolute atomic E-state index is 0.0444. The first-order valence-corrected chi connectivity index (χ1v) is 9.35. The van der Waals surface area contributed by atoms with Crippen LogP contribution in [-0.2, 0) is 9.59 Å². The van der Waals surface area contributed by atoms with Crippen LogP contribution in [0.2, 0.25) is 5.02 Å². The Morgan fingerprint density at radius 3 is 2.63 bits per heavy atom. The van der Waals surface area contributed by atoms with Crippen LogP contribution in [0.15, 0.2) is 48.5 Å². The van der Waals surface area contributed by atoms with Crippen molar-refractivity contribution in [1.82, 2.24) is 9.55 Å². The van der Waals surface area contributed by atoms with E-state index in [4.69, 9.17) is 11.6 Å². The highest BCUT2D eigenvalue weighted by atomic mass is 35.5. The third kappa shape index (κ3) is 2.77. The number of amides is 2. The highest BCUT2D eigenvalue weighted by Gasteiger charge is 2.47. The van der Waals surface area contributed by atoms with Crippen molar-refractivity contribution >= 4 is 46.1 Å². The Morgan fingerprint density at radius 1 is 1.15 bits per heavy atom. The van der Waals surface area contributed by atoms with Crippen LogP contribution >= 0.6 is 11.6 Å². The number of imidazole rings is 1. The van der Waals surface area contributed by atoms with Crippen molar-refractivity contribution in [1.29, 1.82) is 0 Å². The molecule has 7 heteroatoms. The minimum atomic E-state index is -0.569. The van der Waals surface area contributed by atoms with E-state index in [0.717, 1.165) is 23.9 Å². The predicted molar refractivity (Wildman–Crippen MR) is 104 cm³/mol. The maximum absolute atomic E-state index is 13.0. The first-order valence-electron chi connectivity index (χ1n) is 8.97. The number of carbonyl (C=O) groups is 2. The van der Waals surface area contributed by atoms with E-state index in [1.165, 1.54) is 0 Å². The van der Waals surface area contributed by atoms with E-state index < -0.39 is 6.04 Å². The number of hydrogen-bond acceptors (Lipinski definition) is 3. The van der Waals surface area contributed by atoms with Gasteiger partial charge < -0.3 is 5.32 Å². The van der Waals surface area contributed by atoms with Gasteiger partial charge in [-0.2, -0.15) is 0 Å². The van der Waals surface area contributed by atoms with Crippen molar-refractivity contribution in [3.63, 3.8) is 0 Å². The molecule has 1 N–H and O–H groups in total. The molecule has 1 atom stereocenters. The van der Waals surface area contributed by atoms with E-state index in [1.807, 2.05) is 28.8 Å². The number of rotatable bonds is 4. The Bertz CT molecular complexity index is 1060. The number of carbonyl (C=O) groups excluding carboxylic acids is 2. The number of anilines is 2. The van der Waals surface area contributed by atoms with Gasteiger partial charge in [-0.1, -0.05) is 23.7 Å². The van der Waals surface area contributed by atoms with Crippen molar-refractivity contribution < 1.29 is 9.59 Å². The molecule has 136 valence electrons. The van der Waals surface area contributed by atoms with E-state index in [9.17, 15) is 9.59 Å². The molecule has 0 unspecified atom stereocenters. The molecular weight excluding hydrogens is 364 g/mol. The summed E-state index contributed by atoms with van der Waals surface area (Å²) in [4.78, 5) is 32.1. The summed E-state index contributed by atoms with van der Waals surface area (Å²) in [7, 11) is 0. The van der Waals surface area contributed by atoms with E-state index in [1.54, 1.807) is 29.2 Å². The summed E-state index contributed by atoms with van der Waals surface area (Å²) >= 11 is 5.88. The van der Waals surface area contributed by atoms with Gasteiger partial charge in [0.25, 0.3) is 5.91 Å². The molecule has 2 amide bonds. The van der Waals surface area contributed by atoms with Crippen LogP contribution in [0, 0.1) is 0 Å². The second-order valence-corrected chi connectivity index (χ2v) is 7.42. The summed E-state index contributed by atoms with van der Waals surface area (Å²) in [6.07, 6.45) is 2.04. The van der Waals surface area contributed by atoms with E-state index in [-0.39, 0.29) is 24.3 Å². The number of nitrogens with one attached hydrogen (secondary N) is 1. The van der Waals surface area contributed by atoms with Crippen LogP contribution < -0.4 is 10.2 Å². The summed E-state index contributed by atoms with van der Waals surface area (Å²) in [6, 6.07) is 14.3. The zero-order chi connectivity index (χ0) is 18.5. The second-order valence-electron chi connectivity index (χ2n) is 6.98. The fourth-order valence-electron chi connectivity index (χ4n) is 3.65. The Kier molecular flexibility index (Phi) is 3.68. The average molecular weight is 381 g/mol. The summed E-state index contributed by atoms with van der Waals surface area (Å²) in [6.45, 7) is 0. The molecule has 1 saturated carbocycles. The minimum Gasteiger partial charge on any atom is -0.326 e. The van der Waals surface area contributed by atoms with Crippen molar-refractivity contribution in [2.75, 3.05) is 10.2 Å².